The maximum Gasteiger partial charge on any atom is 0.231 e. The third kappa shape index (κ3) is 3.45. The number of piperidine rings is 1. The Morgan fingerprint density at radius 2 is 1.96 bits per heavy atom. The van der Waals surface area contributed by atoms with E-state index in [1.165, 1.54) is 0 Å². The zero-order valence-corrected chi connectivity index (χ0v) is 14.7. The van der Waals surface area contributed by atoms with Crippen molar-refractivity contribution in [2.75, 3.05) is 35.8 Å². The van der Waals surface area contributed by atoms with Gasteiger partial charge in [-0.2, -0.15) is 4.98 Å². The standard InChI is InChI=1S/C17H18ClN5O3/c18-14-8-15(22-17(19)21-14)23-5-3-10(4-6-23)16(24)20-11-1-2-12-13(7-11)26-9-25-12/h1-2,7-8,10H,3-6,9H2,(H,20,24)(H2,19,21,22). The van der Waals surface area contributed by atoms with Gasteiger partial charge in [0.15, 0.2) is 11.5 Å². The molecule has 0 unspecified atom stereocenters. The van der Waals surface area contributed by atoms with E-state index in [9.17, 15) is 4.79 Å². The van der Waals surface area contributed by atoms with Crippen LogP contribution in [0.2, 0.25) is 5.15 Å². The molecule has 0 aliphatic carbocycles. The number of ether oxygens (including phenoxy) is 2. The summed E-state index contributed by atoms with van der Waals surface area (Å²) < 4.78 is 10.6. The van der Waals surface area contributed by atoms with Gasteiger partial charge in [-0.25, -0.2) is 4.98 Å². The van der Waals surface area contributed by atoms with E-state index in [-0.39, 0.29) is 24.6 Å². The minimum absolute atomic E-state index is 0.00347. The highest BCUT2D eigenvalue weighted by Gasteiger charge is 2.26. The summed E-state index contributed by atoms with van der Waals surface area (Å²) in [4.78, 5) is 22.7. The average molecular weight is 376 g/mol. The summed E-state index contributed by atoms with van der Waals surface area (Å²) in [7, 11) is 0. The minimum Gasteiger partial charge on any atom is -0.454 e. The number of hydrogen-bond donors (Lipinski definition) is 2. The molecule has 8 nitrogen and oxygen atoms in total. The molecule has 1 aromatic carbocycles. The molecule has 3 N–H and O–H groups in total. The Hall–Kier alpha value is -2.74. The highest BCUT2D eigenvalue weighted by atomic mass is 35.5. The lowest BCUT2D eigenvalue weighted by atomic mass is 9.96. The first-order chi connectivity index (χ1) is 12.6. The van der Waals surface area contributed by atoms with E-state index < -0.39 is 0 Å². The second kappa shape index (κ2) is 6.87. The topological polar surface area (TPSA) is 103 Å². The Kier molecular flexibility index (Phi) is 4.42. The molecule has 0 radical (unpaired) electrons. The molecule has 1 saturated heterocycles. The van der Waals surface area contributed by atoms with Crippen LogP contribution in [0.3, 0.4) is 0 Å². The summed E-state index contributed by atoms with van der Waals surface area (Å²) in [6.45, 7) is 1.61. The number of fused-ring (bicyclic) bond motifs is 1. The van der Waals surface area contributed by atoms with Crippen LogP contribution in [0.4, 0.5) is 17.5 Å². The van der Waals surface area contributed by atoms with Crippen molar-refractivity contribution < 1.29 is 14.3 Å². The van der Waals surface area contributed by atoms with Crippen molar-refractivity contribution in [3.05, 3.63) is 29.4 Å². The van der Waals surface area contributed by atoms with E-state index in [4.69, 9.17) is 26.8 Å². The molecule has 0 saturated carbocycles. The number of nitrogens with one attached hydrogen (secondary N) is 1. The molecule has 0 spiro atoms. The zero-order chi connectivity index (χ0) is 18.1. The van der Waals surface area contributed by atoms with Crippen molar-refractivity contribution in [3.8, 4) is 11.5 Å². The average Bonchev–Trinajstić information content (AvgIpc) is 3.09. The quantitative estimate of drug-likeness (QED) is 0.793. The predicted molar refractivity (Wildman–Crippen MR) is 97.6 cm³/mol. The molecule has 1 amide bonds. The number of carbonyl (C=O) groups is 1. The maximum atomic E-state index is 12.6. The van der Waals surface area contributed by atoms with Crippen LogP contribution in [0, 0.1) is 5.92 Å². The molecule has 1 aromatic heterocycles. The van der Waals surface area contributed by atoms with Gasteiger partial charge < -0.3 is 25.4 Å². The third-order valence-electron chi connectivity index (χ3n) is 4.53. The van der Waals surface area contributed by atoms with E-state index in [0.717, 1.165) is 12.8 Å². The van der Waals surface area contributed by atoms with Crippen LogP contribution in [0.25, 0.3) is 0 Å². The van der Waals surface area contributed by atoms with Gasteiger partial charge in [-0.05, 0) is 25.0 Å². The van der Waals surface area contributed by atoms with Crippen molar-refractivity contribution >= 4 is 35.0 Å². The molecular formula is C17H18ClN5O3. The molecule has 9 heteroatoms. The Morgan fingerprint density at radius 3 is 2.73 bits per heavy atom. The molecule has 4 rings (SSSR count). The second-order valence-electron chi connectivity index (χ2n) is 6.23. The van der Waals surface area contributed by atoms with Gasteiger partial charge in [0.25, 0.3) is 0 Å². The number of nitrogens with zero attached hydrogens (tertiary/aromatic N) is 3. The maximum absolute atomic E-state index is 12.6. The van der Waals surface area contributed by atoms with Crippen LogP contribution in [0.1, 0.15) is 12.8 Å². The monoisotopic (exact) mass is 375 g/mol. The molecule has 136 valence electrons. The van der Waals surface area contributed by atoms with E-state index in [2.05, 4.69) is 20.2 Å². The number of hydrogen-bond acceptors (Lipinski definition) is 7. The van der Waals surface area contributed by atoms with Gasteiger partial charge in [0.05, 0.1) is 0 Å². The van der Waals surface area contributed by atoms with Gasteiger partial charge in [0.1, 0.15) is 11.0 Å². The number of aromatic nitrogens is 2. The number of anilines is 3. The SMILES string of the molecule is Nc1nc(Cl)cc(N2CCC(C(=O)Nc3ccc4c(c3)OCO4)CC2)n1. The summed E-state index contributed by atoms with van der Waals surface area (Å²) in [5.41, 5.74) is 6.36. The molecule has 26 heavy (non-hydrogen) atoms. The van der Waals surface area contributed by atoms with Gasteiger partial charge in [-0.1, -0.05) is 11.6 Å². The molecule has 2 aromatic rings. The van der Waals surface area contributed by atoms with Crippen LogP contribution < -0.4 is 25.4 Å². The third-order valence-corrected chi connectivity index (χ3v) is 4.72. The number of amides is 1. The van der Waals surface area contributed by atoms with Crippen molar-refractivity contribution in [1.29, 1.82) is 0 Å². The molecule has 3 heterocycles. The van der Waals surface area contributed by atoms with Gasteiger partial charge >= 0.3 is 0 Å². The largest absolute Gasteiger partial charge is 0.454 e. The molecule has 0 atom stereocenters. The number of benzene rings is 1. The first kappa shape index (κ1) is 16.7. The van der Waals surface area contributed by atoms with Crippen molar-refractivity contribution in [1.82, 2.24) is 9.97 Å². The van der Waals surface area contributed by atoms with Gasteiger partial charge in [-0.15, -0.1) is 0 Å². The van der Waals surface area contributed by atoms with E-state index >= 15 is 0 Å². The predicted octanol–water partition coefficient (Wildman–Crippen LogP) is 2.30. The van der Waals surface area contributed by atoms with E-state index in [1.54, 1.807) is 18.2 Å². The van der Waals surface area contributed by atoms with Gasteiger partial charge in [0, 0.05) is 36.8 Å². The molecule has 2 aliphatic rings. The van der Waals surface area contributed by atoms with Crippen molar-refractivity contribution in [3.63, 3.8) is 0 Å². The summed E-state index contributed by atoms with van der Waals surface area (Å²) >= 11 is 5.94. The Bertz CT molecular complexity index is 819. The number of rotatable bonds is 3. The summed E-state index contributed by atoms with van der Waals surface area (Å²) in [6, 6.07) is 7.07. The zero-order valence-electron chi connectivity index (χ0n) is 13.9. The number of carbonyl (C=O) groups excluding carboxylic acids is 1. The summed E-state index contributed by atoms with van der Waals surface area (Å²) in [6.07, 6.45) is 1.44. The fourth-order valence-electron chi connectivity index (χ4n) is 3.17. The molecular weight excluding hydrogens is 358 g/mol. The highest BCUT2D eigenvalue weighted by molar-refractivity contribution is 6.29. The summed E-state index contributed by atoms with van der Waals surface area (Å²) in [5.74, 6) is 2.12. The lowest BCUT2D eigenvalue weighted by molar-refractivity contribution is -0.120. The van der Waals surface area contributed by atoms with Crippen LogP contribution >= 0.6 is 11.6 Å². The van der Waals surface area contributed by atoms with Crippen LogP contribution in [-0.4, -0.2) is 35.8 Å². The molecule has 2 aliphatic heterocycles. The lowest BCUT2D eigenvalue weighted by Gasteiger charge is -2.32. The van der Waals surface area contributed by atoms with E-state index in [1.807, 2.05) is 6.07 Å². The van der Waals surface area contributed by atoms with Gasteiger partial charge in [0.2, 0.25) is 18.6 Å². The van der Waals surface area contributed by atoms with Crippen LogP contribution in [-0.2, 0) is 4.79 Å². The van der Waals surface area contributed by atoms with E-state index in [0.29, 0.717) is 41.2 Å². The molecule has 0 bridgehead atoms. The van der Waals surface area contributed by atoms with Crippen molar-refractivity contribution in [2.24, 2.45) is 5.92 Å². The number of nitrogens with two attached hydrogens (primary N) is 1. The molecule has 1 fully saturated rings. The Labute approximate surface area is 155 Å². The Morgan fingerprint density at radius 1 is 1.19 bits per heavy atom. The second-order valence-corrected chi connectivity index (χ2v) is 6.61. The van der Waals surface area contributed by atoms with Crippen LogP contribution in [0.15, 0.2) is 24.3 Å². The summed E-state index contributed by atoms with van der Waals surface area (Å²) in [5, 5.41) is 3.27. The first-order valence-electron chi connectivity index (χ1n) is 8.34. The fourth-order valence-corrected chi connectivity index (χ4v) is 3.36. The minimum atomic E-state index is -0.0636. The number of halogens is 1. The normalized spacial score (nSPS) is 16.6. The Balaban J connectivity index is 1.36. The van der Waals surface area contributed by atoms with Gasteiger partial charge in [-0.3, -0.25) is 4.79 Å². The van der Waals surface area contributed by atoms with Crippen molar-refractivity contribution in [2.45, 2.75) is 12.8 Å². The lowest BCUT2D eigenvalue weighted by Crippen LogP contribution is -2.38. The fraction of sp³-hybridized carbons (Fsp3) is 0.353. The van der Waals surface area contributed by atoms with Crippen LogP contribution in [0.5, 0.6) is 11.5 Å². The number of nitrogen functional groups attached to an aromatic ring is 1. The smallest absolute Gasteiger partial charge is 0.231 e. The first-order valence-corrected chi connectivity index (χ1v) is 8.72. The highest BCUT2D eigenvalue weighted by Crippen LogP contribution is 2.34.